The van der Waals surface area contributed by atoms with Crippen molar-refractivity contribution >= 4 is 34.1 Å². The first kappa shape index (κ1) is 18.5. The zero-order valence-corrected chi connectivity index (χ0v) is 17.0. The molecule has 2 amide bonds. The van der Waals surface area contributed by atoms with E-state index in [1.165, 1.54) is 11.0 Å². The van der Waals surface area contributed by atoms with Crippen LogP contribution in [-0.2, 0) is 10.2 Å². The van der Waals surface area contributed by atoms with E-state index in [0.717, 1.165) is 10.8 Å². The van der Waals surface area contributed by atoms with Gasteiger partial charge in [-0.15, -0.1) is 0 Å². The zero-order valence-electron chi connectivity index (χ0n) is 17.0. The Labute approximate surface area is 184 Å². The van der Waals surface area contributed by atoms with Crippen molar-refractivity contribution in [2.24, 2.45) is 0 Å². The van der Waals surface area contributed by atoms with Crippen molar-refractivity contribution in [1.82, 2.24) is 0 Å². The molecule has 4 heteroatoms. The van der Waals surface area contributed by atoms with Gasteiger partial charge in [0, 0.05) is 11.1 Å². The molecule has 0 saturated carbocycles. The largest absolute Gasteiger partial charge is 0.289 e. The van der Waals surface area contributed by atoms with Crippen LogP contribution in [0.4, 0.5) is 5.69 Å². The predicted octanol–water partition coefficient (Wildman–Crippen LogP) is 5.07. The number of benzene rings is 4. The summed E-state index contributed by atoms with van der Waals surface area (Å²) in [6.45, 7) is 0. The van der Waals surface area contributed by atoms with Crippen molar-refractivity contribution in [2.75, 3.05) is 4.90 Å². The molecule has 1 aliphatic heterocycles. The monoisotopic (exact) mass is 415 g/mol. The number of carbonyl (C=O) groups is 3. The van der Waals surface area contributed by atoms with Crippen molar-refractivity contribution < 1.29 is 14.4 Å². The molecule has 1 unspecified atom stereocenters. The highest BCUT2D eigenvalue weighted by atomic mass is 16.2. The summed E-state index contributed by atoms with van der Waals surface area (Å²) in [6.07, 6.45) is 3.10. The second-order valence-electron chi connectivity index (χ2n) is 8.07. The van der Waals surface area contributed by atoms with Gasteiger partial charge in [-0.1, -0.05) is 78.9 Å². The van der Waals surface area contributed by atoms with E-state index in [0.29, 0.717) is 27.9 Å². The van der Waals surface area contributed by atoms with Gasteiger partial charge in [0.05, 0.1) is 5.69 Å². The summed E-state index contributed by atoms with van der Waals surface area (Å²) in [5.41, 5.74) is 1.39. The summed E-state index contributed by atoms with van der Waals surface area (Å²) in [5.74, 6) is -0.896. The number of rotatable bonds is 1. The average Bonchev–Trinajstić information content (AvgIpc) is 2.84. The van der Waals surface area contributed by atoms with Crippen LogP contribution < -0.4 is 4.90 Å². The van der Waals surface area contributed by atoms with E-state index in [-0.39, 0.29) is 17.6 Å². The van der Waals surface area contributed by atoms with Crippen molar-refractivity contribution in [3.8, 4) is 0 Å². The number of ketones is 1. The normalized spacial score (nSPS) is 19.4. The Hall–Kier alpha value is -4.31. The van der Waals surface area contributed by atoms with E-state index in [1.807, 2.05) is 48.5 Å². The summed E-state index contributed by atoms with van der Waals surface area (Å²) >= 11 is 0. The third kappa shape index (κ3) is 2.35. The number of fused-ring (bicyclic) bond motifs is 5. The van der Waals surface area contributed by atoms with E-state index in [2.05, 4.69) is 0 Å². The van der Waals surface area contributed by atoms with Crippen LogP contribution in [0.15, 0.2) is 103 Å². The van der Waals surface area contributed by atoms with Crippen molar-refractivity contribution in [3.05, 3.63) is 125 Å². The first-order chi connectivity index (χ1) is 15.6. The minimum absolute atomic E-state index is 0.148. The molecular formula is C28H17NO3. The molecule has 0 aromatic heterocycles. The molecule has 0 saturated heterocycles. The van der Waals surface area contributed by atoms with E-state index >= 15 is 0 Å². The van der Waals surface area contributed by atoms with Gasteiger partial charge in [-0.3, -0.25) is 14.4 Å². The minimum Gasteiger partial charge on any atom is -0.289 e. The highest BCUT2D eigenvalue weighted by Gasteiger charge is 2.53. The molecule has 4 nitrogen and oxygen atoms in total. The Morgan fingerprint density at radius 3 is 2.03 bits per heavy atom. The average molecular weight is 415 g/mol. The highest BCUT2D eigenvalue weighted by Crippen LogP contribution is 2.46. The summed E-state index contributed by atoms with van der Waals surface area (Å²) in [5, 5.41) is 1.96. The van der Waals surface area contributed by atoms with E-state index in [4.69, 9.17) is 0 Å². The number of hydrogen-bond donors (Lipinski definition) is 0. The van der Waals surface area contributed by atoms with Gasteiger partial charge in [0.25, 0.3) is 11.8 Å². The van der Waals surface area contributed by atoms with Gasteiger partial charge in [-0.25, -0.2) is 4.90 Å². The minimum atomic E-state index is -1.25. The Bertz CT molecular complexity index is 1500. The third-order valence-electron chi connectivity index (χ3n) is 6.42. The van der Waals surface area contributed by atoms with Gasteiger partial charge in [0.2, 0.25) is 0 Å². The molecule has 2 aliphatic rings. The first-order valence-electron chi connectivity index (χ1n) is 10.4. The van der Waals surface area contributed by atoms with Crippen LogP contribution in [-0.4, -0.2) is 17.6 Å². The second-order valence-corrected chi connectivity index (χ2v) is 8.07. The van der Waals surface area contributed by atoms with Crippen molar-refractivity contribution in [2.45, 2.75) is 5.41 Å². The molecule has 1 heterocycles. The number of anilines is 1. The molecule has 4 aromatic carbocycles. The molecular weight excluding hydrogens is 398 g/mol. The molecule has 1 spiro atoms. The first-order valence-corrected chi connectivity index (χ1v) is 10.4. The molecule has 0 bridgehead atoms. The third-order valence-corrected chi connectivity index (χ3v) is 6.42. The number of nitrogens with zero attached hydrogens (tertiary/aromatic N) is 1. The van der Waals surface area contributed by atoms with Gasteiger partial charge in [0.1, 0.15) is 5.41 Å². The quantitative estimate of drug-likeness (QED) is 0.408. The fourth-order valence-corrected chi connectivity index (χ4v) is 4.91. The SMILES string of the molecule is O=C1C=CC2(C(=O)N(c3ccc4ccccc4c3)C(=O)c3ccccc32)c2ccccc21. The number of amides is 2. The molecule has 1 atom stereocenters. The number of allylic oxidation sites excluding steroid dienone is 1. The number of hydrogen-bond acceptors (Lipinski definition) is 3. The van der Waals surface area contributed by atoms with Crippen LogP contribution in [0.3, 0.4) is 0 Å². The van der Waals surface area contributed by atoms with E-state index < -0.39 is 5.41 Å². The lowest BCUT2D eigenvalue weighted by atomic mass is 9.65. The van der Waals surface area contributed by atoms with Gasteiger partial charge < -0.3 is 0 Å². The highest BCUT2D eigenvalue weighted by molar-refractivity contribution is 6.30. The molecule has 4 aromatic rings. The van der Waals surface area contributed by atoms with E-state index in [1.54, 1.807) is 48.5 Å². The maximum absolute atomic E-state index is 14.2. The van der Waals surface area contributed by atoms with Gasteiger partial charge in [-0.2, -0.15) is 0 Å². The number of carbonyl (C=O) groups excluding carboxylic acids is 3. The van der Waals surface area contributed by atoms with Crippen LogP contribution in [0.2, 0.25) is 0 Å². The lowest BCUT2D eigenvalue weighted by molar-refractivity contribution is -0.121. The fourth-order valence-electron chi connectivity index (χ4n) is 4.91. The molecule has 32 heavy (non-hydrogen) atoms. The van der Waals surface area contributed by atoms with Crippen LogP contribution in [0.25, 0.3) is 10.8 Å². The predicted molar refractivity (Wildman–Crippen MR) is 123 cm³/mol. The topological polar surface area (TPSA) is 54.5 Å². The standard InChI is InChI=1S/C28H17NO3/c30-25-15-16-28(23-11-5-3-9-21(23)25)24-12-6-4-10-22(24)26(31)29(27(28)32)20-14-13-18-7-1-2-8-19(18)17-20/h1-17H. The summed E-state index contributed by atoms with van der Waals surface area (Å²) in [6, 6.07) is 27.7. The van der Waals surface area contributed by atoms with Gasteiger partial charge >= 0.3 is 0 Å². The summed E-state index contributed by atoms with van der Waals surface area (Å²) in [7, 11) is 0. The zero-order chi connectivity index (χ0) is 21.9. The van der Waals surface area contributed by atoms with Crippen LogP contribution in [0, 0.1) is 0 Å². The molecule has 152 valence electrons. The Morgan fingerprint density at radius 2 is 1.25 bits per heavy atom. The Morgan fingerprint density at radius 1 is 0.625 bits per heavy atom. The van der Waals surface area contributed by atoms with E-state index in [9.17, 15) is 14.4 Å². The molecule has 0 radical (unpaired) electrons. The lowest BCUT2D eigenvalue weighted by Crippen LogP contribution is -2.55. The molecule has 1 aliphatic carbocycles. The van der Waals surface area contributed by atoms with Crippen molar-refractivity contribution in [1.29, 1.82) is 0 Å². The molecule has 0 N–H and O–H groups in total. The van der Waals surface area contributed by atoms with Gasteiger partial charge in [0.15, 0.2) is 5.78 Å². The summed E-state index contributed by atoms with van der Waals surface area (Å²) < 4.78 is 0. The number of imide groups is 1. The fraction of sp³-hybridized carbons (Fsp3) is 0.0357. The second kappa shape index (κ2) is 6.59. The Balaban J connectivity index is 1.65. The van der Waals surface area contributed by atoms with Gasteiger partial charge in [-0.05, 0) is 46.2 Å². The maximum atomic E-state index is 14.2. The Kier molecular flexibility index (Phi) is 3.80. The maximum Gasteiger partial charge on any atom is 0.265 e. The molecule has 6 rings (SSSR count). The van der Waals surface area contributed by atoms with Crippen LogP contribution in [0.1, 0.15) is 31.8 Å². The van der Waals surface area contributed by atoms with Crippen LogP contribution in [0.5, 0.6) is 0 Å². The molecule has 0 fully saturated rings. The van der Waals surface area contributed by atoms with Crippen molar-refractivity contribution in [3.63, 3.8) is 0 Å². The smallest absolute Gasteiger partial charge is 0.265 e. The van der Waals surface area contributed by atoms with Crippen LogP contribution >= 0.6 is 0 Å². The lowest BCUT2D eigenvalue weighted by Gasteiger charge is -2.42. The summed E-state index contributed by atoms with van der Waals surface area (Å²) in [4.78, 5) is 41.7.